The lowest BCUT2D eigenvalue weighted by Gasteiger charge is -2.06. The number of aromatic carboxylic acids is 1. The van der Waals surface area contributed by atoms with Crippen molar-refractivity contribution in [2.45, 2.75) is 13.2 Å². The van der Waals surface area contributed by atoms with Crippen LogP contribution in [0.2, 0.25) is 0 Å². The lowest BCUT2D eigenvalue weighted by molar-refractivity contribution is 0.0690. The monoisotopic (exact) mass is 246 g/mol. The second kappa shape index (κ2) is 3.85. The Morgan fingerprint density at radius 3 is 2.94 bits per heavy atom. The van der Waals surface area contributed by atoms with Gasteiger partial charge >= 0.3 is 5.97 Å². The molecule has 3 rings (SSSR count). The predicted molar refractivity (Wildman–Crippen MR) is 61.1 cm³/mol. The van der Waals surface area contributed by atoms with Crippen molar-refractivity contribution in [3.8, 4) is 17.0 Å². The Morgan fingerprint density at radius 1 is 1.39 bits per heavy atom. The number of hydrogen-bond donors (Lipinski definition) is 3. The molecule has 0 bridgehead atoms. The number of carboxylic acid groups (broad SMARTS) is 1. The predicted octanol–water partition coefficient (Wildman–Crippen LogP) is 1.51. The fourth-order valence-electron chi connectivity index (χ4n) is 2.09. The van der Waals surface area contributed by atoms with Crippen molar-refractivity contribution < 1.29 is 19.7 Å². The maximum atomic E-state index is 10.8. The number of hydrogen-bond acceptors (Lipinski definition) is 4. The Hall–Kier alpha value is -2.34. The van der Waals surface area contributed by atoms with E-state index in [1.807, 2.05) is 0 Å². The van der Waals surface area contributed by atoms with Gasteiger partial charge in [0, 0.05) is 5.56 Å². The molecule has 3 N–H and O–H groups in total. The number of H-pyrrole nitrogens is 1. The van der Waals surface area contributed by atoms with Crippen LogP contribution in [0.15, 0.2) is 18.2 Å². The molecule has 6 nitrogen and oxygen atoms in total. The Morgan fingerprint density at radius 2 is 2.22 bits per heavy atom. The van der Waals surface area contributed by atoms with Gasteiger partial charge in [0.1, 0.15) is 11.4 Å². The van der Waals surface area contributed by atoms with Gasteiger partial charge in [-0.15, -0.1) is 0 Å². The molecular weight excluding hydrogens is 236 g/mol. The summed E-state index contributed by atoms with van der Waals surface area (Å²) in [6.45, 7) is 0.896. The number of fused-ring (bicyclic) bond motifs is 1. The van der Waals surface area contributed by atoms with Crippen molar-refractivity contribution in [2.75, 3.05) is 0 Å². The third-order valence-electron chi connectivity index (χ3n) is 2.96. The van der Waals surface area contributed by atoms with Crippen LogP contribution in [0, 0.1) is 0 Å². The molecular formula is C12H10N2O4. The number of carbonyl (C=O) groups is 1. The van der Waals surface area contributed by atoms with E-state index in [0.717, 1.165) is 11.1 Å². The number of phenolic OH excluding ortho intramolecular Hbond substituents is 1. The Kier molecular flexibility index (Phi) is 2.31. The highest BCUT2D eigenvalue weighted by Crippen LogP contribution is 2.37. The number of ether oxygens (including phenoxy) is 1. The maximum absolute atomic E-state index is 10.8. The molecule has 0 fully saturated rings. The number of benzene rings is 1. The summed E-state index contributed by atoms with van der Waals surface area (Å²) in [6.07, 6.45) is 0. The highest BCUT2D eigenvalue weighted by molar-refractivity contribution is 5.87. The topological polar surface area (TPSA) is 95.4 Å². The van der Waals surface area contributed by atoms with Gasteiger partial charge in [-0.25, -0.2) is 4.79 Å². The first kappa shape index (κ1) is 10.8. The summed E-state index contributed by atoms with van der Waals surface area (Å²) in [7, 11) is 0. The molecule has 0 radical (unpaired) electrons. The van der Waals surface area contributed by atoms with Gasteiger partial charge < -0.3 is 14.9 Å². The second-order valence-corrected chi connectivity index (χ2v) is 4.06. The van der Waals surface area contributed by atoms with E-state index in [0.29, 0.717) is 24.5 Å². The average Bonchev–Trinajstić information content (AvgIpc) is 2.95. The summed E-state index contributed by atoms with van der Waals surface area (Å²) in [5.74, 6) is -1.01. The van der Waals surface area contributed by atoms with Crippen LogP contribution in [0.25, 0.3) is 11.3 Å². The normalized spacial score (nSPS) is 13.6. The molecule has 1 aromatic heterocycles. The molecule has 2 aromatic rings. The Labute approximate surface area is 102 Å². The molecule has 0 amide bonds. The SMILES string of the molecule is O=C(O)c1cc(-c2c(O)ccc3c2COC3)n[nH]1. The van der Waals surface area contributed by atoms with Gasteiger partial charge in [0.25, 0.3) is 0 Å². The van der Waals surface area contributed by atoms with Gasteiger partial charge in [-0.3, -0.25) is 5.10 Å². The van der Waals surface area contributed by atoms with E-state index >= 15 is 0 Å². The van der Waals surface area contributed by atoms with Gasteiger partial charge in [-0.05, 0) is 23.3 Å². The number of nitrogens with one attached hydrogen (secondary N) is 1. The zero-order valence-electron chi connectivity index (χ0n) is 9.30. The number of aromatic hydroxyl groups is 1. The summed E-state index contributed by atoms with van der Waals surface area (Å²) in [6, 6.07) is 4.76. The first-order chi connectivity index (χ1) is 8.66. The number of nitrogens with zero attached hydrogens (tertiary/aromatic N) is 1. The molecule has 0 spiro atoms. The Balaban J connectivity index is 2.16. The van der Waals surface area contributed by atoms with Crippen LogP contribution < -0.4 is 0 Å². The van der Waals surface area contributed by atoms with Crippen LogP contribution in [-0.4, -0.2) is 26.4 Å². The number of carboxylic acids is 1. The summed E-state index contributed by atoms with van der Waals surface area (Å²) >= 11 is 0. The van der Waals surface area contributed by atoms with Crippen molar-refractivity contribution in [3.63, 3.8) is 0 Å². The number of aromatic amines is 1. The molecule has 1 aromatic carbocycles. The molecule has 92 valence electrons. The van der Waals surface area contributed by atoms with Crippen LogP contribution in [0.5, 0.6) is 5.75 Å². The first-order valence-electron chi connectivity index (χ1n) is 5.37. The zero-order valence-corrected chi connectivity index (χ0v) is 9.30. The van der Waals surface area contributed by atoms with E-state index in [1.165, 1.54) is 6.07 Å². The molecule has 0 saturated heterocycles. The number of phenols is 1. The fraction of sp³-hybridized carbons (Fsp3) is 0.167. The third kappa shape index (κ3) is 1.54. The lowest BCUT2D eigenvalue weighted by Crippen LogP contribution is -1.95. The quantitative estimate of drug-likeness (QED) is 0.746. The van der Waals surface area contributed by atoms with Gasteiger partial charge in [-0.2, -0.15) is 5.10 Å². The van der Waals surface area contributed by atoms with E-state index < -0.39 is 5.97 Å². The van der Waals surface area contributed by atoms with Crippen LogP contribution in [0.1, 0.15) is 21.6 Å². The number of aromatic nitrogens is 2. The van der Waals surface area contributed by atoms with Gasteiger partial charge in [-0.1, -0.05) is 6.07 Å². The van der Waals surface area contributed by atoms with Crippen molar-refractivity contribution in [3.05, 3.63) is 35.0 Å². The number of rotatable bonds is 2. The van der Waals surface area contributed by atoms with Crippen LogP contribution >= 0.6 is 0 Å². The average molecular weight is 246 g/mol. The van der Waals surface area contributed by atoms with E-state index in [9.17, 15) is 9.90 Å². The molecule has 0 atom stereocenters. The molecule has 2 heterocycles. The molecule has 18 heavy (non-hydrogen) atoms. The minimum Gasteiger partial charge on any atom is -0.507 e. The van der Waals surface area contributed by atoms with E-state index in [2.05, 4.69) is 10.2 Å². The summed E-state index contributed by atoms with van der Waals surface area (Å²) in [4.78, 5) is 10.8. The van der Waals surface area contributed by atoms with Gasteiger partial charge in [0.2, 0.25) is 0 Å². The van der Waals surface area contributed by atoms with Crippen molar-refractivity contribution >= 4 is 5.97 Å². The molecule has 0 unspecified atom stereocenters. The van der Waals surface area contributed by atoms with Gasteiger partial charge in [0.05, 0.1) is 18.9 Å². The van der Waals surface area contributed by atoms with E-state index in [4.69, 9.17) is 9.84 Å². The lowest BCUT2D eigenvalue weighted by atomic mass is 10.00. The van der Waals surface area contributed by atoms with Crippen LogP contribution in [-0.2, 0) is 18.0 Å². The second-order valence-electron chi connectivity index (χ2n) is 4.06. The highest BCUT2D eigenvalue weighted by atomic mass is 16.5. The minimum absolute atomic E-state index is 0.0130. The highest BCUT2D eigenvalue weighted by Gasteiger charge is 2.22. The first-order valence-corrected chi connectivity index (χ1v) is 5.37. The van der Waals surface area contributed by atoms with Crippen molar-refractivity contribution in [1.29, 1.82) is 0 Å². The van der Waals surface area contributed by atoms with E-state index in [-0.39, 0.29) is 11.4 Å². The summed E-state index contributed by atoms with van der Waals surface area (Å²) in [5.41, 5.74) is 2.78. The standard InChI is InChI=1S/C12H10N2O4/c15-10-2-1-6-4-18-5-7(6)11(10)8-3-9(12(16)17)14-13-8/h1-3,15H,4-5H2,(H,13,14)(H,16,17). The molecule has 0 aliphatic carbocycles. The smallest absolute Gasteiger partial charge is 0.353 e. The summed E-state index contributed by atoms with van der Waals surface area (Å²) < 4.78 is 5.32. The maximum Gasteiger partial charge on any atom is 0.353 e. The van der Waals surface area contributed by atoms with Crippen LogP contribution in [0.3, 0.4) is 0 Å². The van der Waals surface area contributed by atoms with E-state index in [1.54, 1.807) is 12.1 Å². The van der Waals surface area contributed by atoms with Crippen LogP contribution in [0.4, 0.5) is 0 Å². The molecule has 6 heteroatoms. The molecule has 0 saturated carbocycles. The largest absolute Gasteiger partial charge is 0.507 e. The Bertz CT molecular complexity index is 633. The summed E-state index contributed by atoms with van der Waals surface area (Å²) in [5, 5.41) is 25.1. The minimum atomic E-state index is -1.09. The zero-order chi connectivity index (χ0) is 12.7. The van der Waals surface area contributed by atoms with Crippen molar-refractivity contribution in [2.24, 2.45) is 0 Å². The van der Waals surface area contributed by atoms with Gasteiger partial charge in [0.15, 0.2) is 0 Å². The third-order valence-corrected chi connectivity index (χ3v) is 2.96. The molecule has 1 aliphatic heterocycles. The van der Waals surface area contributed by atoms with Crippen molar-refractivity contribution in [1.82, 2.24) is 10.2 Å². The molecule has 1 aliphatic rings. The fourth-order valence-corrected chi connectivity index (χ4v) is 2.09.